The minimum Gasteiger partial charge on any atom is -0.356 e. The lowest BCUT2D eigenvalue weighted by Gasteiger charge is -2.32. The molecule has 1 atom stereocenters. The maximum Gasteiger partial charge on any atom is 0.287 e. The van der Waals surface area contributed by atoms with Gasteiger partial charge in [-0.05, 0) is 30.5 Å². The van der Waals surface area contributed by atoms with Crippen molar-refractivity contribution in [2.75, 3.05) is 18.0 Å². The van der Waals surface area contributed by atoms with E-state index in [1.807, 2.05) is 17.0 Å². The van der Waals surface area contributed by atoms with Gasteiger partial charge in [0.2, 0.25) is 5.91 Å². The van der Waals surface area contributed by atoms with Crippen molar-refractivity contribution in [1.82, 2.24) is 15.3 Å². The summed E-state index contributed by atoms with van der Waals surface area (Å²) in [5.74, 6) is 0.549. The summed E-state index contributed by atoms with van der Waals surface area (Å²) < 4.78 is 0. The number of amides is 1. The average molecular weight is 341 g/mol. The summed E-state index contributed by atoms with van der Waals surface area (Å²) in [7, 11) is 0. The van der Waals surface area contributed by atoms with E-state index in [4.69, 9.17) is 0 Å². The molecule has 0 saturated carbocycles. The quantitative estimate of drug-likeness (QED) is 0.658. The van der Waals surface area contributed by atoms with Crippen LogP contribution in [0, 0.1) is 16.0 Å². The fourth-order valence-electron chi connectivity index (χ4n) is 2.91. The molecule has 0 aliphatic carbocycles. The van der Waals surface area contributed by atoms with Crippen molar-refractivity contribution in [2.24, 2.45) is 5.92 Å². The Kier molecular flexibility index (Phi) is 5.17. The highest BCUT2D eigenvalue weighted by molar-refractivity contribution is 5.79. The predicted octanol–water partition coefficient (Wildman–Crippen LogP) is 1.92. The fraction of sp³-hybridized carbons (Fsp3) is 0.353. The van der Waals surface area contributed by atoms with E-state index in [0.29, 0.717) is 18.9 Å². The first-order valence-electron chi connectivity index (χ1n) is 8.15. The summed E-state index contributed by atoms with van der Waals surface area (Å²) in [6.07, 6.45) is 6.38. The smallest absolute Gasteiger partial charge is 0.287 e. The topological polar surface area (TPSA) is 101 Å². The van der Waals surface area contributed by atoms with Gasteiger partial charge in [0.15, 0.2) is 0 Å². The number of nitrogens with one attached hydrogen (secondary N) is 1. The number of carbonyl (C=O) groups excluding carboxylic acids is 1. The zero-order valence-corrected chi connectivity index (χ0v) is 13.7. The van der Waals surface area contributed by atoms with Crippen LogP contribution in [-0.2, 0) is 11.3 Å². The van der Waals surface area contributed by atoms with Gasteiger partial charge in [0.25, 0.3) is 5.69 Å². The molecular formula is C17H19N5O3. The Hall–Kier alpha value is -3.03. The van der Waals surface area contributed by atoms with E-state index in [2.05, 4.69) is 15.3 Å². The Labute approximate surface area is 145 Å². The Morgan fingerprint density at radius 1 is 1.36 bits per heavy atom. The normalized spacial score (nSPS) is 17.1. The predicted molar refractivity (Wildman–Crippen MR) is 91.9 cm³/mol. The van der Waals surface area contributed by atoms with E-state index in [9.17, 15) is 14.9 Å². The number of piperidine rings is 1. The first-order chi connectivity index (χ1) is 12.1. The van der Waals surface area contributed by atoms with Crippen molar-refractivity contribution < 1.29 is 9.72 Å². The zero-order chi connectivity index (χ0) is 17.6. The molecule has 0 aromatic carbocycles. The minimum absolute atomic E-state index is 0.00969. The first-order valence-corrected chi connectivity index (χ1v) is 8.15. The van der Waals surface area contributed by atoms with Crippen LogP contribution in [0.5, 0.6) is 0 Å². The molecule has 25 heavy (non-hydrogen) atoms. The maximum atomic E-state index is 12.4. The second kappa shape index (κ2) is 7.69. The van der Waals surface area contributed by atoms with Crippen LogP contribution in [0.1, 0.15) is 18.4 Å². The molecule has 1 aliphatic heterocycles. The third-order valence-electron chi connectivity index (χ3n) is 4.25. The number of carbonyl (C=O) groups is 1. The SMILES string of the molecule is O=C(NCc1cccnc1)[C@H]1CCCN(c2ccc([N+](=O)[O-])cn2)C1. The third kappa shape index (κ3) is 4.28. The molecule has 3 rings (SSSR count). The number of hydrogen-bond acceptors (Lipinski definition) is 6. The molecule has 0 spiro atoms. The number of anilines is 1. The molecule has 1 N–H and O–H groups in total. The van der Waals surface area contributed by atoms with Gasteiger partial charge < -0.3 is 10.2 Å². The summed E-state index contributed by atoms with van der Waals surface area (Å²) >= 11 is 0. The summed E-state index contributed by atoms with van der Waals surface area (Å²) in [5.41, 5.74) is 0.923. The number of nitrogens with zero attached hydrogens (tertiary/aromatic N) is 4. The highest BCUT2D eigenvalue weighted by Gasteiger charge is 2.26. The van der Waals surface area contributed by atoms with Crippen molar-refractivity contribution >= 4 is 17.4 Å². The number of hydrogen-bond donors (Lipinski definition) is 1. The van der Waals surface area contributed by atoms with E-state index in [1.165, 1.54) is 12.3 Å². The highest BCUT2D eigenvalue weighted by Crippen LogP contribution is 2.23. The second-order valence-corrected chi connectivity index (χ2v) is 6.00. The molecule has 1 aliphatic rings. The number of aromatic nitrogens is 2. The van der Waals surface area contributed by atoms with Crippen molar-refractivity contribution in [3.05, 3.63) is 58.5 Å². The molecular weight excluding hydrogens is 322 g/mol. The lowest BCUT2D eigenvalue weighted by atomic mass is 9.97. The van der Waals surface area contributed by atoms with Crippen LogP contribution in [0.4, 0.5) is 11.5 Å². The summed E-state index contributed by atoms with van der Waals surface area (Å²) in [4.78, 5) is 32.9. The van der Waals surface area contributed by atoms with Gasteiger partial charge in [-0.15, -0.1) is 0 Å². The number of rotatable bonds is 5. The largest absolute Gasteiger partial charge is 0.356 e. The molecule has 0 unspecified atom stereocenters. The van der Waals surface area contributed by atoms with Gasteiger partial charge in [-0.1, -0.05) is 6.07 Å². The molecule has 8 heteroatoms. The Morgan fingerprint density at radius 3 is 2.92 bits per heavy atom. The van der Waals surface area contributed by atoms with Gasteiger partial charge in [0.05, 0.1) is 10.8 Å². The lowest BCUT2D eigenvalue weighted by Crippen LogP contribution is -2.43. The highest BCUT2D eigenvalue weighted by atomic mass is 16.6. The monoisotopic (exact) mass is 341 g/mol. The van der Waals surface area contributed by atoms with Crippen LogP contribution in [0.25, 0.3) is 0 Å². The molecule has 1 saturated heterocycles. The summed E-state index contributed by atoms with van der Waals surface area (Å²) in [6, 6.07) is 6.83. The van der Waals surface area contributed by atoms with E-state index >= 15 is 0 Å². The molecule has 0 radical (unpaired) electrons. The molecule has 8 nitrogen and oxygen atoms in total. The van der Waals surface area contributed by atoms with E-state index in [0.717, 1.165) is 24.9 Å². The second-order valence-electron chi connectivity index (χ2n) is 6.00. The van der Waals surface area contributed by atoms with Gasteiger partial charge in [-0.2, -0.15) is 0 Å². The van der Waals surface area contributed by atoms with Crippen molar-refractivity contribution in [1.29, 1.82) is 0 Å². The average Bonchev–Trinajstić information content (AvgIpc) is 2.67. The van der Waals surface area contributed by atoms with Gasteiger partial charge >= 0.3 is 0 Å². The Bertz CT molecular complexity index is 736. The van der Waals surface area contributed by atoms with Gasteiger partial charge in [0.1, 0.15) is 12.0 Å². The molecule has 1 amide bonds. The van der Waals surface area contributed by atoms with Crippen LogP contribution < -0.4 is 10.2 Å². The van der Waals surface area contributed by atoms with Crippen LogP contribution in [-0.4, -0.2) is 33.9 Å². The van der Waals surface area contributed by atoms with Gasteiger partial charge in [-0.3, -0.25) is 19.9 Å². The summed E-state index contributed by atoms with van der Waals surface area (Å²) in [5, 5.41) is 13.7. The maximum absolute atomic E-state index is 12.4. The Balaban J connectivity index is 1.58. The minimum atomic E-state index is -0.471. The molecule has 0 bridgehead atoms. The third-order valence-corrected chi connectivity index (χ3v) is 4.25. The molecule has 2 aromatic heterocycles. The first kappa shape index (κ1) is 16.8. The van der Waals surface area contributed by atoms with Crippen LogP contribution in [0.15, 0.2) is 42.9 Å². The number of nitro groups is 1. The van der Waals surface area contributed by atoms with Crippen molar-refractivity contribution in [3.8, 4) is 0 Å². The standard InChI is InChI=1S/C17H19N5O3/c23-17(20-10-13-3-1-7-18-9-13)14-4-2-8-21(12-14)16-6-5-15(11-19-16)22(24)25/h1,3,5-7,9,11,14H,2,4,8,10,12H2,(H,20,23)/t14-/m0/s1. The van der Waals surface area contributed by atoms with E-state index < -0.39 is 4.92 Å². The van der Waals surface area contributed by atoms with Crippen LogP contribution in [0.2, 0.25) is 0 Å². The molecule has 3 heterocycles. The Morgan fingerprint density at radius 2 is 2.24 bits per heavy atom. The van der Waals surface area contributed by atoms with Gasteiger partial charge in [0, 0.05) is 38.1 Å². The number of pyridine rings is 2. The summed E-state index contributed by atoms with van der Waals surface area (Å²) in [6.45, 7) is 1.81. The van der Waals surface area contributed by atoms with E-state index in [1.54, 1.807) is 18.5 Å². The van der Waals surface area contributed by atoms with E-state index in [-0.39, 0.29) is 17.5 Å². The van der Waals surface area contributed by atoms with Crippen molar-refractivity contribution in [3.63, 3.8) is 0 Å². The van der Waals surface area contributed by atoms with Crippen LogP contribution >= 0.6 is 0 Å². The van der Waals surface area contributed by atoms with Gasteiger partial charge in [-0.25, -0.2) is 4.98 Å². The zero-order valence-electron chi connectivity index (χ0n) is 13.7. The van der Waals surface area contributed by atoms with Crippen molar-refractivity contribution in [2.45, 2.75) is 19.4 Å². The molecule has 2 aromatic rings. The lowest BCUT2D eigenvalue weighted by molar-refractivity contribution is -0.385. The molecule has 130 valence electrons. The molecule has 1 fully saturated rings. The van der Waals surface area contributed by atoms with Crippen LogP contribution in [0.3, 0.4) is 0 Å². The fourth-order valence-corrected chi connectivity index (χ4v) is 2.91.